The number of aromatic nitrogens is 1. The zero-order chi connectivity index (χ0) is 17.7. The average Bonchev–Trinajstić information content (AvgIpc) is 2.95. The fraction of sp³-hybridized carbons (Fsp3) is 0.312. The predicted octanol–water partition coefficient (Wildman–Crippen LogP) is 1.91. The van der Waals surface area contributed by atoms with E-state index in [1.165, 1.54) is 31.2 Å². The Labute approximate surface area is 138 Å². The van der Waals surface area contributed by atoms with Crippen molar-refractivity contribution in [3.05, 3.63) is 47.1 Å². The molecule has 0 aliphatic carbocycles. The van der Waals surface area contributed by atoms with Crippen LogP contribution >= 0.6 is 0 Å². The van der Waals surface area contributed by atoms with Crippen molar-refractivity contribution in [2.75, 3.05) is 0 Å². The lowest BCUT2D eigenvalue weighted by molar-refractivity contribution is -0.128. The molecule has 1 aromatic carbocycles. The Morgan fingerprint density at radius 3 is 2.58 bits per heavy atom. The molecule has 2 aromatic rings. The van der Waals surface area contributed by atoms with Crippen LogP contribution in [0.25, 0.3) is 0 Å². The highest BCUT2D eigenvalue weighted by atomic mass is 19.1. The zero-order valence-electron chi connectivity index (χ0n) is 13.6. The van der Waals surface area contributed by atoms with Crippen LogP contribution in [0.5, 0.6) is 5.75 Å². The minimum absolute atomic E-state index is 0.296. The van der Waals surface area contributed by atoms with Crippen LogP contribution in [0.2, 0.25) is 0 Å². The summed E-state index contributed by atoms with van der Waals surface area (Å²) in [5, 5.41) is 3.78. The highest BCUT2D eigenvalue weighted by Crippen LogP contribution is 2.14. The van der Waals surface area contributed by atoms with E-state index in [2.05, 4.69) is 16.0 Å². The van der Waals surface area contributed by atoms with E-state index in [-0.39, 0.29) is 0 Å². The first-order valence-electron chi connectivity index (χ1n) is 7.40. The molecule has 1 aromatic heterocycles. The van der Waals surface area contributed by atoms with E-state index in [0.717, 1.165) is 0 Å². The van der Waals surface area contributed by atoms with E-state index >= 15 is 0 Å². The normalized spacial score (nSPS) is 11.7. The summed E-state index contributed by atoms with van der Waals surface area (Å²) in [6.07, 6.45) is -0.358. The second-order valence-corrected chi connectivity index (χ2v) is 5.07. The van der Waals surface area contributed by atoms with E-state index < -0.39 is 23.7 Å². The molecule has 128 valence electrons. The molecule has 2 rings (SSSR count). The van der Waals surface area contributed by atoms with E-state index in [1.807, 2.05) is 6.92 Å². The Balaban J connectivity index is 1.91. The number of amides is 2. The molecule has 0 spiro atoms. The molecule has 1 heterocycles. The Bertz CT molecular complexity index is 727. The maximum atomic E-state index is 12.8. The Hall–Kier alpha value is -2.90. The Morgan fingerprint density at radius 1 is 1.29 bits per heavy atom. The summed E-state index contributed by atoms with van der Waals surface area (Å²) in [5.74, 6) is -0.766. The first-order chi connectivity index (χ1) is 11.4. The molecule has 0 radical (unpaired) electrons. The van der Waals surface area contributed by atoms with Gasteiger partial charge in [0.15, 0.2) is 6.10 Å². The molecular formula is C16H18FN3O4. The number of aryl methyl sites for hydroxylation is 2. The van der Waals surface area contributed by atoms with Crippen molar-refractivity contribution in [1.29, 1.82) is 0 Å². The van der Waals surface area contributed by atoms with Crippen molar-refractivity contribution < 1.29 is 23.2 Å². The number of nitrogens with one attached hydrogen (secondary N) is 2. The Kier molecular flexibility index (Phi) is 5.51. The van der Waals surface area contributed by atoms with Gasteiger partial charge in [0.1, 0.15) is 22.9 Å². The third kappa shape index (κ3) is 4.09. The number of hydrogen-bond donors (Lipinski definition) is 2. The van der Waals surface area contributed by atoms with Crippen molar-refractivity contribution >= 4 is 11.8 Å². The summed E-state index contributed by atoms with van der Waals surface area (Å²) >= 11 is 0. The van der Waals surface area contributed by atoms with E-state index in [4.69, 9.17) is 9.26 Å². The number of benzene rings is 1. The molecule has 0 aliphatic rings. The number of nitrogens with zero attached hydrogens (tertiary/aromatic N) is 1. The maximum absolute atomic E-state index is 12.8. The third-order valence-corrected chi connectivity index (χ3v) is 3.29. The van der Waals surface area contributed by atoms with Gasteiger partial charge in [0.05, 0.1) is 5.69 Å². The van der Waals surface area contributed by atoms with Crippen molar-refractivity contribution in [1.82, 2.24) is 16.0 Å². The van der Waals surface area contributed by atoms with Gasteiger partial charge in [-0.2, -0.15) is 0 Å². The van der Waals surface area contributed by atoms with Crippen LogP contribution in [-0.2, 0) is 11.2 Å². The topological polar surface area (TPSA) is 93.5 Å². The summed E-state index contributed by atoms with van der Waals surface area (Å²) in [5.41, 5.74) is 5.38. The monoisotopic (exact) mass is 335 g/mol. The lowest BCUT2D eigenvalue weighted by Crippen LogP contribution is -2.47. The highest BCUT2D eigenvalue weighted by Gasteiger charge is 2.21. The van der Waals surface area contributed by atoms with Gasteiger partial charge in [0.2, 0.25) is 0 Å². The fourth-order valence-electron chi connectivity index (χ4n) is 2.00. The number of carbonyl (C=O) groups excluding carboxylic acids is 2. The van der Waals surface area contributed by atoms with Crippen LogP contribution < -0.4 is 15.6 Å². The molecule has 0 bridgehead atoms. The summed E-state index contributed by atoms with van der Waals surface area (Å²) < 4.78 is 23.2. The largest absolute Gasteiger partial charge is 0.481 e. The van der Waals surface area contributed by atoms with Gasteiger partial charge in [0, 0.05) is 0 Å². The lowest BCUT2D eigenvalue weighted by atomic mass is 10.1. The second-order valence-electron chi connectivity index (χ2n) is 5.07. The number of hydrazine groups is 1. The molecule has 1 atom stereocenters. The minimum atomic E-state index is -0.884. The van der Waals surface area contributed by atoms with Crippen molar-refractivity contribution in [2.45, 2.75) is 33.3 Å². The lowest BCUT2D eigenvalue weighted by Gasteiger charge is -2.15. The summed E-state index contributed by atoms with van der Waals surface area (Å²) in [6.45, 7) is 4.96. The van der Waals surface area contributed by atoms with Crippen LogP contribution in [0, 0.1) is 12.7 Å². The zero-order valence-corrected chi connectivity index (χ0v) is 13.6. The van der Waals surface area contributed by atoms with Crippen LogP contribution in [0.4, 0.5) is 4.39 Å². The molecule has 0 unspecified atom stereocenters. The summed E-state index contributed by atoms with van der Waals surface area (Å²) in [4.78, 5) is 24.1. The number of hydrogen-bond acceptors (Lipinski definition) is 5. The van der Waals surface area contributed by atoms with Crippen LogP contribution in [0.1, 0.15) is 35.7 Å². The smallest absolute Gasteiger partial charge is 0.279 e. The number of halogens is 1. The molecule has 0 fully saturated rings. The standard InChI is InChI=1S/C16H18FN3O4/c1-4-13-14(9(2)24-20-13)16(22)19-18-15(21)10(3)23-12-7-5-11(17)6-8-12/h5-8,10H,4H2,1-3H3,(H,18,21)(H,19,22)/t10-/m1/s1. The fourth-order valence-corrected chi connectivity index (χ4v) is 2.00. The first kappa shape index (κ1) is 17.5. The van der Waals surface area contributed by atoms with Gasteiger partial charge in [-0.1, -0.05) is 12.1 Å². The van der Waals surface area contributed by atoms with Crippen molar-refractivity contribution in [3.8, 4) is 5.75 Å². The van der Waals surface area contributed by atoms with Gasteiger partial charge in [0.25, 0.3) is 11.8 Å². The summed E-state index contributed by atoms with van der Waals surface area (Å²) in [6, 6.07) is 5.27. The van der Waals surface area contributed by atoms with E-state index in [9.17, 15) is 14.0 Å². The molecule has 8 heteroatoms. The van der Waals surface area contributed by atoms with Crippen molar-refractivity contribution in [3.63, 3.8) is 0 Å². The number of ether oxygens (including phenoxy) is 1. The minimum Gasteiger partial charge on any atom is -0.481 e. The molecule has 7 nitrogen and oxygen atoms in total. The molecule has 0 saturated heterocycles. The van der Waals surface area contributed by atoms with Gasteiger partial charge in [-0.05, 0) is 44.5 Å². The Morgan fingerprint density at radius 2 is 1.96 bits per heavy atom. The molecule has 24 heavy (non-hydrogen) atoms. The van der Waals surface area contributed by atoms with Crippen LogP contribution in [0.15, 0.2) is 28.8 Å². The van der Waals surface area contributed by atoms with Crippen LogP contribution in [-0.4, -0.2) is 23.1 Å². The van der Waals surface area contributed by atoms with Crippen LogP contribution in [0.3, 0.4) is 0 Å². The highest BCUT2D eigenvalue weighted by molar-refractivity contribution is 5.97. The van der Waals surface area contributed by atoms with Crippen molar-refractivity contribution in [2.24, 2.45) is 0 Å². The van der Waals surface area contributed by atoms with Gasteiger partial charge >= 0.3 is 0 Å². The van der Waals surface area contributed by atoms with E-state index in [0.29, 0.717) is 29.2 Å². The average molecular weight is 335 g/mol. The third-order valence-electron chi connectivity index (χ3n) is 3.29. The number of rotatable bonds is 5. The summed E-state index contributed by atoms with van der Waals surface area (Å²) in [7, 11) is 0. The van der Waals surface area contributed by atoms with Gasteiger partial charge in [-0.25, -0.2) is 4.39 Å². The van der Waals surface area contributed by atoms with Gasteiger partial charge in [-0.3, -0.25) is 20.4 Å². The molecule has 0 saturated carbocycles. The molecule has 2 amide bonds. The second kappa shape index (κ2) is 7.58. The predicted molar refractivity (Wildman–Crippen MR) is 82.7 cm³/mol. The quantitative estimate of drug-likeness (QED) is 0.814. The maximum Gasteiger partial charge on any atom is 0.279 e. The first-order valence-corrected chi connectivity index (χ1v) is 7.40. The molecule has 0 aliphatic heterocycles. The van der Waals surface area contributed by atoms with E-state index in [1.54, 1.807) is 6.92 Å². The number of carbonyl (C=O) groups is 2. The SMILES string of the molecule is CCc1noc(C)c1C(=O)NNC(=O)[C@@H](C)Oc1ccc(F)cc1. The molecule has 2 N–H and O–H groups in total. The van der Waals surface area contributed by atoms with Gasteiger partial charge < -0.3 is 9.26 Å². The molecular weight excluding hydrogens is 317 g/mol. The van der Waals surface area contributed by atoms with Gasteiger partial charge in [-0.15, -0.1) is 0 Å².